The molecule has 0 bridgehead atoms. The third-order valence-electron chi connectivity index (χ3n) is 5.46. The molecule has 7 heteroatoms. The van der Waals surface area contributed by atoms with E-state index in [2.05, 4.69) is 36.7 Å². The summed E-state index contributed by atoms with van der Waals surface area (Å²) in [4.78, 5) is 27.3. The lowest BCUT2D eigenvalue weighted by Gasteiger charge is -2.26. The molecule has 0 spiro atoms. The predicted molar refractivity (Wildman–Crippen MR) is 126 cm³/mol. The van der Waals surface area contributed by atoms with Gasteiger partial charge in [0.1, 0.15) is 5.76 Å². The molecule has 170 valence electrons. The summed E-state index contributed by atoms with van der Waals surface area (Å²) in [6.07, 6.45) is 0. The third kappa shape index (κ3) is 5.11. The van der Waals surface area contributed by atoms with Crippen LogP contribution in [-0.2, 0) is 19.7 Å². The Morgan fingerprint density at radius 3 is 2.22 bits per heavy atom. The van der Waals surface area contributed by atoms with E-state index < -0.39 is 17.7 Å². The van der Waals surface area contributed by atoms with Gasteiger partial charge in [0.05, 0.1) is 31.4 Å². The van der Waals surface area contributed by atoms with Gasteiger partial charge in [-0.3, -0.25) is 9.59 Å². The second kappa shape index (κ2) is 9.98. The zero-order chi connectivity index (χ0) is 23.5. The monoisotopic (exact) mass is 501 g/mol. The van der Waals surface area contributed by atoms with Crippen molar-refractivity contribution in [3.63, 3.8) is 0 Å². The predicted octanol–water partition coefficient (Wildman–Crippen LogP) is 4.18. The summed E-state index contributed by atoms with van der Waals surface area (Å²) in [5, 5.41) is 20.0. The van der Waals surface area contributed by atoms with Crippen molar-refractivity contribution in [2.75, 3.05) is 26.4 Å². The molecule has 1 atom stereocenters. The van der Waals surface area contributed by atoms with E-state index in [-0.39, 0.29) is 43.1 Å². The molecule has 1 unspecified atom stereocenters. The fraction of sp³-hybridized carbons (Fsp3) is 0.360. The summed E-state index contributed by atoms with van der Waals surface area (Å²) in [5.74, 6) is -1.61. The fourth-order valence-electron chi connectivity index (χ4n) is 3.72. The molecule has 1 saturated heterocycles. The number of ether oxygens (including phenoxy) is 1. The van der Waals surface area contributed by atoms with E-state index in [1.54, 1.807) is 24.3 Å². The molecule has 1 fully saturated rings. The number of hydrogen-bond donors (Lipinski definition) is 2. The number of aliphatic hydroxyl groups excluding tert-OH is 2. The van der Waals surface area contributed by atoms with Crippen LogP contribution in [0.2, 0.25) is 0 Å². The second-order valence-electron chi connectivity index (χ2n) is 8.71. The van der Waals surface area contributed by atoms with Crippen LogP contribution in [0.3, 0.4) is 0 Å². The van der Waals surface area contributed by atoms with Crippen LogP contribution in [0.4, 0.5) is 0 Å². The maximum absolute atomic E-state index is 13.0. The van der Waals surface area contributed by atoms with Crippen molar-refractivity contribution in [3.05, 3.63) is 75.3 Å². The lowest BCUT2D eigenvalue weighted by Crippen LogP contribution is -2.33. The van der Waals surface area contributed by atoms with Crippen LogP contribution in [0.15, 0.2) is 58.6 Å². The molecule has 2 aromatic carbocycles. The number of Topliss-reactive ketones (excluding diaryl/α,β-unsaturated/α-hetero) is 1. The molecule has 1 heterocycles. The van der Waals surface area contributed by atoms with Crippen molar-refractivity contribution in [2.45, 2.75) is 32.2 Å². The van der Waals surface area contributed by atoms with Gasteiger partial charge in [-0.2, -0.15) is 0 Å². The first-order valence-corrected chi connectivity index (χ1v) is 11.3. The first kappa shape index (κ1) is 24.2. The highest BCUT2D eigenvalue weighted by atomic mass is 79.9. The molecular weight excluding hydrogens is 474 g/mol. The number of ketones is 1. The van der Waals surface area contributed by atoms with Gasteiger partial charge in [-0.05, 0) is 28.7 Å². The van der Waals surface area contributed by atoms with Crippen LogP contribution in [0.5, 0.6) is 0 Å². The molecule has 2 N–H and O–H groups in total. The Morgan fingerprint density at radius 1 is 1.03 bits per heavy atom. The van der Waals surface area contributed by atoms with Crippen molar-refractivity contribution < 1.29 is 24.5 Å². The van der Waals surface area contributed by atoms with Crippen LogP contribution in [0.1, 0.15) is 43.5 Å². The van der Waals surface area contributed by atoms with E-state index in [1.807, 2.05) is 24.3 Å². The first-order valence-electron chi connectivity index (χ1n) is 10.5. The van der Waals surface area contributed by atoms with Gasteiger partial charge in [0.15, 0.2) is 0 Å². The van der Waals surface area contributed by atoms with Crippen LogP contribution >= 0.6 is 15.9 Å². The zero-order valence-corrected chi connectivity index (χ0v) is 20.1. The Bertz CT molecular complexity index is 1010. The number of carbonyl (C=O) groups is 2. The summed E-state index contributed by atoms with van der Waals surface area (Å²) >= 11 is 3.36. The molecule has 1 amide bonds. The van der Waals surface area contributed by atoms with E-state index in [0.717, 1.165) is 15.6 Å². The number of amides is 1. The highest BCUT2D eigenvalue weighted by Gasteiger charge is 2.45. The minimum atomic E-state index is -0.731. The summed E-state index contributed by atoms with van der Waals surface area (Å²) in [6, 6.07) is 13.9. The fourth-order valence-corrected chi connectivity index (χ4v) is 3.98. The zero-order valence-electron chi connectivity index (χ0n) is 18.5. The number of halogens is 1. The Balaban J connectivity index is 2.07. The van der Waals surface area contributed by atoms with Gasteiger partial charge in [-0.25, -0.2) is 0 Å². The third-order valence-corrected chi connectivity index (χ3v) is 5.99. The van der Waals surface area contributed by atoms with Gasteiger partial charge in [0.25, 0.3) is 11.7 Å². The number of likely N-dealkylation sites (tertiary alicyclic amines) is 1. The molecule has 0 aliphatic carbocycles. The topological polar surface area (TPSA) is 87.1 Å². The van der Waals surface area contributed by atoms with Crippen molar-refractivity contribution in [3.8, 4) is 0 Å². The minimum Gasteiger partial charge on any atom is -0.507 e. The number of nitrogens with zero attached hydrogens (tertiary/aromatic N) is 1. The van der Waals surface area contributed by atoms with Gasteiger partial charge in [0, 0.05) is 16.6 Å². The van der Waals surface area contributed by atoms with E-state index in [9.17, 15) is 14.7 Å². The molecule has 32 heavy (non-hydrogen) atoms. The van der Waals surface area contributed by atoms with Gasteiger partial charge in [-0.15, -0.1) is 0 Å². The highest BCUT2D eigenvalue weighted by Crippen LogP contribution is 2.40. The van der Waals surface area contributed by atoms with Crippen molar-refractivity contribution in [2.24, 2.45) is 0 Å². The lowest BCUT2D eigenvalue weighted by molar-refractivity contribution is -0.140. The number of aliphatic hydroxyl groups is 2. The van der Waals surface area contributed by atoms with Crippen LogP contribution in [0, 0.1) is 0 Å². The van der Waals surface area contributed by atoms with E-state index >= 15 is 0 Å². The maximum Gasteiger partial charge on any atom is 0.295 e. The Kier molecular flexibility index (Phi) is 7.54. The van der Waals surface area contributed by atoms with Crippen LogP contribution < -0.4 is 0 Å². The molecule has 1 aliphatic rings. The first-order chi connectivity index (χ1) is 15.1. The number of rotatable bonds is 7. The molecule has 0 saturated carbocycles. The average molecular weight is 502 g/mol. The summed E-state index contributed by atoms with van der Waals surface area (Å²) in [7, 11) is 0. The van der Waals surface area contributed by atoms with E-state index in [4.69, 9.17) is 9.84 Å². The molecule has 6 nitrogen and oxygen atoms in total. The van der Waals surface area contributed by atoms with Gasteiger partial charge in [0.2, 0.25) is 0 Å². The van der Waals surface area contributed by atoms with Crippen molar-refractivity contribution >= 4 is 33.4 Å². The van der Waals surface area contributed by atoms with Crippen molar-refractivity contribution in [1.82, 2.24) is 4.90 Å². The maximum atomic E-state index is 13.0. The molecule has 1 aliphatic heterocycles. The largest absolute Gasteiger partial charge is 0.507 e. The number of carbonyl (C=O) groups excluding carboxylic acids is 2. The van der Waals surface area contributed by atoms with Crippen LogP contribution in [0.25, 0.3) is 5.76 Å². The van der Waals surface area contributed by atoms with E-state index in [0.29, 0.717) is 5.56 Å². The number of benzene rings is 2. The normalized spacial score (nSPS) is 18.4. The van der Waals surface area contributed by atoms with E-state index in [1.165, 1.54) is 4.90 Å². The lowest BCUT2D eigenvalue weighted by atomic mass is 9.85. The Labute approximate surface area is 196 Å². The SMILES string of the molecule is CC(C)(C)c1ccc(C2C(=C(O)c3ccc(Br)cc3)C(=O)C(=O)N2CCOCCO)cc1. The quantitative estimate of drug-likeness (QED) is 0.257. The molecule has 2 aromatic rings. The second-order valence-corrected chi connectivity index (χ2v) is 9.62. The van der Waals surface area contributed by atoms with Gasteiger partial charge >= 0.3 is 0 Å². The summed E-state index contributed by atoms with van der Waals surface area (Å²) in [6.45, 7) is 6.68. The van der Waals surface area contributed by atoms with Crippen molar-refractivity contribution in [1.29, 1.82) is 0 Å². The summed E-state index contributed by atoms with van der Waals surface area (Å²) in [5.41, 5.74) is 2.33. The Morgan fingerprint density at radius 2 is 1.66 bits per heavy atom. The van der Waals surface area contributed by atoms with Gasteiger partial charge < -0.3 is 19.8 Å². The molecule has 0 radical (unpaired) electrons. The smallest absolute Gasteiger partial charge is 0.295 e. The standard InChI is InChI=1S/C25H28BrNO5/c1-25(2,3)18-8-4-16(5-9-18)21-20(22(29)17-6-10-19(26)11-7-17)23(30)24(31)27(21)12-14-32-15-13-28/h4-11,21,28-29H,12-15H2,1-3H3. The average Bonchev–Trinajstić information content (AvgIpc) is 3.01. The van der Waals surface area contributed by atoms with Gasteiger partial charge in [-0.1, -0.05) is 73.1 Å². The molecule has 3 rings (SSSR count). The Hall–Kier alpha value is -2.48. The number of hydrogen-bond acceptors (Lipinski definition) is 5. The summed E-state index contributed by atoms with van der Waals surface area (Å²) < 4.78 is 6.17. The molecule has 0 aromatic heterocycles. The highest BCUT2D eigenvalue weighted by molar-refractivity contribution is 9.10. The van der Waals surface area contributed by atoms with Crippen LogP contribution in [-0.4, -0.2) is 53.2 Å². The molecular formula is C25H28BrNO5. The minimum absolute atomic E-state index is 0.0457.